The average molecular weight is 211 g/mol. The molecule has 86 valence electrons. The van der Waals surface area contributed by atoms with Crippen molar-refractivity contribution in [3.8, 4) is 0 Å². The van der Waals surface area contributed by atoms with Gasteiger partial charge in [-0.1, -0.05) is 33.6 Å². The number of hydrogen-bond donors (Lipinski definition) is 1. The molecule has 1 amide bonds. The molecule has 1 aliphatic carbocycles. The van der Waals surface area contributed by atoms with Crippen LogP contribution in [0.3, 0.4) is 0 Å². The summed E-state index contributed by atoms with van der Waals surface area (Å²) in [5.74, 6) is 0.153. The van der Waals surface area contributed by atoms with E-state index in [1.54, 1.807) is 0 Å². The predicted octanol–water partition coefficient (Wildman–Crippen LogP) is 1.91. The normalized spacial score (nSPS) is 19.2. The highest BCUT2D eigenvalue weighted by Gasteiger charge is 2.36. The summed E-state index contributed by atoms with van der Waals surface area (Å²) in [6.07, 6.45) is 4.16. The zero-order chi connectivity index (χ0) is 11.5. The number of hydrogen-bond acceptors (Lipinski definition) is 2. The number of rotatable bonds is 4. The van der Waals surface area contributed by atoms with Crippen LogP contribution in [0.25, 0.3) is 0 Å². The van der Waals surface area contributed by atoms with E-state index in [1.165, 1.54) is 0 Å². The Hall–Kier alpha value is -0.860. The van der Waals surface area contributed by atoms with E-state index in [0.717, 1.165) is 25.7 Å². The van der Waals surface area contributed by atoms with Crippen LogP contribution in [0.15, 0.2) is 0 Å². The molecule has 0 radical (unpaired) electrons. The lowest BCUT2D eigenvalue weighted by Crippen LogP contribution is -2.40. The van der Waals surface area contributed by atoms with Crippen LogP contribution in [0.2, 0.25) is 0 Å². The first-order valence-corrected chi connectivity index (χ1v) is 5.77. The molecule has 0 aromatic rings. The number of amides is 1. The molecule has 0 heterocycles. The highest BCUT2D eigenvalue weighted by Crippen LogP contribution is 2.37. The van der Waals surface area contributed by atoms with E-state index in [9.17, 15) is 9.59 Å². The summed E-state index contributed by atoms with van der Waals surface area (Å²) >= 11 is 0. The lowest BCUT2D eigenvalue weighted by molar-refractivity contribution is -0.132. The van der Waals surface area contributed by atoms with Gasteiger partial charge in [0, 0.05) is 11.3 Å². The van der Waals surface area contributed by atoms with Crippen LogP contribution in [0.4, 0.5) is 0 Å². The molecule has 1 N–H and O–H groups in total. The SMILES string of the molecule is CC(C)C(=O)CNC(=O)C1(C)CCCC1. The van der Waals surface area contributed by atoms with Crippen molar-refractivity contribution in [2.24, 2.45) is 11.3 Å². The Labute approximate surface area is 91.6 Å². The molecule has 15 heavy (non-hydrogen) atoms. The third kappa shape index (κ3) is 3.05. The molecule has 1 fully saturated rings. The van der Waals surface area contributed by atoms with Gasteiger partial charge in [-0.3, -0.25) is 9.59 Å². The van der Waals surface area contributed by atoms with Crippen molar-refractivity contribution in [1.82, 2.24) is 5.32 Å². The Morgan fingerprint density at radius 3 is 2.27 bits per heavy atom. The maximum atomic E-state index is 11.8. The first kappa shape index (κ1) is 12.2. The fraction of sp³-hybridized carbons (Fsp3) is 0.833. The predicted molar refractivity (Wildman–Crippen MR) is 59.4 cm³/mol. The molecule has 0 bridgehead atoms. The summed E-state index contributed by atoms with van der Waals surface area (Å²) < 4.78 is 0. The fourth-order valence-electron chi connectivity index (χ4n) is 1.97. The fourth-order valence-corrected chi connectivity index (χ4v) is 1.97. The second kappa shape index (κ2) is 4.77. The van der Waals surface area contributed by atoms with Crippen LogP contribution in [-0.4, -0.2) is 18.2 Å². The molecule has 3 nitrogen and oxygen atoms in total. The van der Waals surface area contributed by atoms with Gasteiger partial charge in [0.25, 0.3) is 0 Å². The van der Waals surface area contributed by atoms with Crippen molar-refractivity contribution in [3.05, 3.63) is 0 Å². The third-order valence-electron chi connectivity index (χ3n) is 3.32. The minimum Gasteiger partial charge on any atom is -0.349 e. The zero-order valence-electron chi connectivity index (χ0n) is 9.93. The molecule has 1 rings (SSSR count). The second-order valence-corrected chi connectivity index (χ2v) is 5.07. The minimum absolute atomic E-state index is 0.00156. The maximum Gasteiger partial charge on any atom is 0.226 e. The monoisotopic (exact) mass is 211 g/mol. The molecular weight excluding hydrogens is 190 g/mol. The Morgan fingerprint density at radius 2 is 1.80 bits per heavy atom. The van der Waals surface area contributed by atoms with Crippen LogP contribution < -0.4 is 5.32 Å². The molecule has 3 heteroatoms. The maximum absolute atomic E-state index is 11.8. The van der Waals surface area contributed by atoms with Crippen LogP contribution in [0, 0.1) is 11.3 Å². The van der Waals surface area contributed by atoms with Gasteiger partial charge in [0.05, 0.1) is 6.54 Å². The van der Waals surface area contributed by atoms with Crippen LogP contribution in [0.1, 0.15) is 46.5 Å². The van der Waals surface area contributed by atoms with E-state index in [0.29, 0.717) is 0 Å². The quantitative estimate of drug-likeness (QED) is 0.772. The van der Waals surface area contributed by atoms with Gasteiger partial charge >= 0.3 is 0 Å². The van der Waals surface area contributed by atoms with Gasteiger partial charge < -0.3 is 5.32 Å². The lowest BCUT2D eigenvalue weighted by Gasteiger charge is -2.22. The third-order valence-corrected chi connectivity index (χ3v) is 3.32. The molecule has 0 spiro atoms. The van der Waals surface area contributed by atoms with E-state index in [2.05, 4.69) is 5.32 Å². The van der Waals surface area contributed by atoms with Gasteiger partial charge in [-0.05, 0) is 12.8 Å². The summed E-state index contributed by atoms with van der Waals surface area (Å²) in [6, 6.07) is 0. The molecule has 1 aliphatic rings. The number of ketones is 1. The summed E-state index contributed by atoms with van der Waals surface area (Å²) in [4.78, 5) is 23.2. The van der Waals surface area contributed by atoms with Crippen molar-refractivity contribution in [2.45, 2.75) is 46.5 Å². The van der Waals surface area contributed by atoms with Gasteiger partial charge in [-0.15, -0.1) is 0 Å². The number of carbonyl (C=O) groups excluding carboxylic acids is 2. The smallest absolute Gasteiger partial charge is 0.226 e. The average Bonchev–Trinajstić information content (AvgIpc) is 2.62. The Bertz CT molecular complexity index is 252. The number of nitrogens with one attached hydrogen (secondary N) is 1. The van der Waals surface area contributed by atoms with E-state index in [-0.39, 0.29) is 29.6 Å². The molecule has 0 aromatic carbocycles. The van der Waals surface area contributed by atoms with Crippen molar-refractivity contribution in [3.63, 3.8) is 0 Å². The molecule has 0 atom stereocenters. The van der Waals surface area contributed by atoms with E-state index in [1.807, 2.05) is 20.8 Å². The van der Waals surface area contributed by atoms with Gasteiger partial charge in [-0.25, -0.2) is 0 Å². The number of carbonyl (C=O) groups is 2. The van der Waals surface area contributed by atoms with Crippen LogP contribution >= 0.6 is 0 Å². The molecule has 0 unspecified atom stereocenters. The first-order chi connectivity index (χ1) is 6.96. The standard InChI is InChI=1S/C12H21NO2/c1-9(2)10(14)8-13-11(15)12(3)6-4-5-7-12/h9H,4-8H2,1-3H3,(H,13,15). The van der Waals surface area contributed by atoms with Crippen molar-refractivity contribution < 1.29 is 9.59 Å². The first-order valence-electron chi connectivity index (χ1n) is 5.77. The van der Waals surface area contributed by atoms with Crippen molar-refractivity contribution >= 4 is 11.7 Å². The van der Waals surface area contributed by atoms with E-state index in [4.69, 9.17) is 0 Å². The zero-order valence-corrected chi connectivity index (χ0v) is 9.93. The van der Waals surface area contributed by atoms with Gasteiger partial charge in [0.2, 0.25) is 5.91 Å². The summed E-state index contributed by atoms with van der Waals surface area (Å²) in [5.41, 5.74) is -0.225. The second-order valence-electron chi connectivity index (χ2n) is 5.07. The Balaban J connectivity index is 2.39. The molecular formula is C12H21NO2. The van der Waals surface area contributed by atoms with E-state index < -0.39 is 0 Å². The number of Topliss-reactive ketones (excluding diaryl/α,β-unsaturated/α-hetero) is 1. The van der Waals surface area contributed by atoms with Crippen molar-refractivity contribution in [2.75, 3.05) is 6.54 Å². The highest BCUT2D eigenvalue weighted by atomic mass is 16.2. The van der Waals surface area contributed by atoms with Gasteiger partial charge in [0.1, 0.15) is 0 Å². The summed E-state index contributed by atoms with van der Waals surface area (Å²) in [7, 11) is 0. The van der Waals surface area contributed by atoms with Crippen LogP contribution in [-0.2, 0) is 9.59 Å². The molecule has 0 aromatic heterocycles. The molecule has 1 saturated carbocycles. The molecule has 0 aliphatic heterocycles. The summed E-state index contributed by atoms with van der Waals surface area (Å²) in [5, 5.41) is 2.76. The Morgan fingerprint density at radius 1 is 1.27 bits per heavy atom. The van der Waals surface area contributed by atoms with Crippen molar-refractivity contribution in [1.29, 1.82) is 0 Å². The van der Waals surface area contributed by atoms with Gasteiger partial charge in [0.15, 0.2) is 5.78 Å². The minimum atomic E-state index is -0.225. The van der Waals surface area contributed by atoms with Crippen LogP contribution in [0.5, 0.6) is 0 Å². The largest absolute Gasteiger partial charge is 0.349 e. The van der Waals surface area contributed by atoms with Gasteiger partial charge in [-0.2, -0.15) is 0 Å². The summed E-state index contributed by atoms with van der Waals surface area (Å²) in [6.45, 7) is 5.89. The highest BCUT2D eigenvalue weighted by molar-refractivity contribution is 5.89. The Kier molecular flexibility index (Phi) is 3.89. The van der Waals surface area contributed by atoms with E-state index >= 15 is 0 Å². The topological polar surface area (TPSA) is 46.2 Å². The lowest BCUT2D eigenvalue weighted by atomic mass is 9.88. The molecule has 0 saturated heterocycles.